The van der Waals surface area contributed by atoms with Crippen LogP contribution in [-0.4, -0.2) is 15.9 Å². The van der Waals surface area contributed by atoms with E-state index in [1.807, 2.05) is 5.32 Å². The van der Waals surface area contributed by atoms with Crippen LogP contribution in [0.25, 0.3) is 5.69 Å². The predicted molar refractivity (Wildman–Crippen MR) is 97.8 cm³/mol. The molecule has 170 valence electrons. The molecular formula is C19H11ClF7N3O2. The summed E-state index contributed by atoms with van der Waals surface area (Å²) in [6.45, 7) is -0.763. The fourth-order valence-corrected chi connectivity index (χ4v) is 2.76. The molecule has 32 heavy (non-hydrogen) atoms. The summed E-state index contributed by atoms with van der Waals surface area (Å²) in [4.78, 5) is 11.9. The second kappa shape index (κ2) is 8.69. The first kappa shape index (κ1) is 23.4. The van der Waals surface area contributed by atoms with Gasteiger partial charge in [-0.3, -0.25) is 0 Å². The number of rotatable bonds is 4. The van der Waals surface area contributed by atoms with Crippen molar-refractivity contribution in [1.29, 1.82) is 0 Å². The summed E-state index contributed by atoms with van der Waals surface area (Å²) in [5.74, 6) is -2.01. The van der Waals surface area contributed by atoms with Crippen molar-refractivity contribution >= 4 is 17.7 Å². The fourth-order valence-electron chi connectivity index (χ4n) is 2.64. The molecule has 0 aliphatic rings. The van der Waals surface area contributed by atoms with E-state index in [1.165, 1.54) is 24.3 Å². The molecule has 0 atom stereocenters. The van der Waals surface area contributed by atoms with Crippen LogP contribution in [0.2, 0.25) is 5.02 Å². The van der Waals surface area contributed by atoms with Gasteiger partial charge in [-0.05, 0) is 42.5 Å². The van der Waals surface area contributed by atoms with E-state index in [9.17, 15) is 35.5 Å². The Morgan fingerprint density at radius 1 is 1.03 bits per heavy atom. The highest BCUT2D eigenvalue weighted by Crippen LogP contribution is 2.38. The minimum absolute atomic E-state index is 0.0250. The average molecular weight is 482 g/mol. The number of hydrogen-bond acceptors (Lipinski definition) is 3. The highest BCUT2D eigenvalue weighted by atomic mass is 35.5. The number of hydrogen-bond donors (Lipinski definition) is 1. The van der Waals surface area contributed by atoms with E-state index >= 15 is 0 Å². The molecule has 0 spiro atoms. The third-order valence-corrected chi connectivity index (χ3v) is 4.33. The highest BCUT2D eigenvalue weighted by molar-refractivity contribution is 6.30. The maximum absolute atomic E-state index is 13.7. The van der Waals surface area contributed by atoms with Gasteiger partial charge in [0, 0.05) is 17.1 Å². The van der Waals surface area contributed by atoms with Gasteiger partial charge >= 0.3 is 18.4 Å². The molecule has 0 unspecified atom stereocenters. The SMILES string of the molecule is O=C(NCc1cc(C(F)(F)F)ccc1F)Oc1cnn(-c2ccc(Cl)cc2)c1C(F)(F)F. The first-order chi connectivity index (χ1) is 14.9. The van der Waals surface area contributed by atoms with Gasteiger partial charge in [0.2, 0.25) is 0 Å². The highest BCUT2D eigenvalue weighted by Gasteiger charge is 2.40. The van der Waals surface area contributed by atoms with Crippen LogP contribution < -0.4 is 10.1 Å². The molecule has 2 aromatic carbocycles. The van der Waals surface area contributed by atoms with E-state index in [-0.39, 0.29) is 10.7 Å². The molecule has 0 saturated carbocycles. The lowest BCUT2D eigenvalue weighted by atomic mass is 10.1. The Labute approximate surface area is 180 Å². The van der Waals surface area contributed by atoms with Crippen LogP contribution in [0.5, 0.6) is 5.75 Å². The zero-order valence-corrected chi connectivity index (χ0v) is 16.3. The van der Waals surface area contributed by atoms with Crippen LogP contribution in [-0.2, 0) is 18.9 Å². The van der Waals surface area contributed by atoms with Gasteiger partial charge in [-0.2, -0.15) is 31.4 Å². The van der Waals surface area contributed by atoms with Crippen molar-refractivity contribution in [2.75, 3.05) is 0 Å². The lowest BCUT2D eigenvalue weighted by Crippen LogP contribution is -2.28. The van der Waals surface area contributed by atoms with E-state index < -0.39 is 53.4 Å². The summed E-state index contributed by atoms with van der Waals surface area (Å²) >= 11 is 5.72. The number of carbonyl (C=O) groups excluding carboxylic acids is 1. The van der Waals surface area contributed by atoms with Crippen LogP contribution in [0.15, 0.2) is 48.7 Å². The summed E-state index contributed by atoms with van der Waals surface area (Å²) in [6, 6.07) is 6.71. The van der Waals surface area contributed by atoms with E-state index in [4.69, 9.17) is 11.6 Å². The molecule has 0 aliphatic carbocycles. The number of aromatic nitrogens is 2. The zero-order valence-electron chi connectivity index (χ0n) is 15.6. The number of amides is 1. The smallest absolute Gasteiger partial charge is 0.406 e. The minimum atomic E-state index is -4.99. The second-order valence-corrected chi connectivity index (χ2v) is 6.73. The molecule has 0 saturated heterocycles. The molecule has 1 heterocycles. The summed E-state index contributed by atoms with van der Waals surface area (Å²) in [6.07, 6.45) is -10.6. The summed E-state index contributed by atoms with van der Waals surface area (Å²) in [5, 5.41) is 5.75. The Balaban J connectivity index is 1.79. The fraction of sp³-hybridized carbons (Fsp3) is 0.158. The molecule has 1 N–H and O–H groups in total. The number of nitrogens with one attached hydrogen (secondary N) is 1. The minimum Gasteiger partial charge on any atom is -0.406 e. The number of alkyl halides is 6. The van der Waals surface area contributed by atoms with Gasteiger partial charge in [-0.1, -0.05) is 11.6 Å². The first-order valence-electron chi connectivity index (χ1n) is 8.58. The Kier molecular flexibility index (Phi) is 6.35. The number of benzene rings is 2. The third-order valence-electron chi connectivity index (χ3n) is 4.07. The van der Waals surface area contributed by atoms with Gasteiger partial charge in [0.25, 0.3) is 0 Å². The zero-order chi connectivity index (χ0) is 23.7. The Morgan fingerprint density at radius 2 is 1.69 bits per heavy atom. The van der Waals surface area contributed by atoms with Crippen molar-refractivity contribution in [2.24, 2.45) is 0 Å². The molecule has 0 aliphatic heterocycles. The van der Waals surface area contributed by atoms with Crippen molar-refractivity contribution in [1.82, 2.24) is 15.1 Å². The number of nitrogens with zero attached hydrogens (tertiary/aromatic N) is 2. The summed E-state index contributed by atoms with van der Waals surface area (Å²) in [7, 11) is 0. The monoisotopic (exact) mass is 481 g/mol. The maximum Gasteiger partial charge on any atom is 0.437 e. The molecule has 0 fully saturated rings. The molecule has 1 aromatic heterocycles. The summed E-state index contributed by atoms with van der Waals surface area (Å²) in [5.41, 5.74) is -3.14. The van der Waals surface area contributed by atoms with Gasteiger partial charge < -0.3 is 10.1 Å². The van der Waals surface area contributed by atoms with Gasteiger partial charge in [-0.25, -0.2) is 13.9 Å². The Hall–Kier alpha value is -3.28. The second-order valence-electron chi connectivity index (χ2n) is 6.29. The van der Waals surface area contributed by atoms with Crippen LogP contribution in [0.4, 0.5) is 35.5 Å². The maximum atomic E-state index is 13.7. The van der Waals surface area contributed by atoms with Gasteiger partial charge in [0.1, 0.15) is 5.82 Å². The molecule has 3 rings (SSSR count). The quantitative estimate of drug-likeness (QED) is 0.466. The summed E-state index contributed by atoms with van der Waals surface area (Å²) < 4.78 is 97.8. The van der Waals surface area contributed by atoms with Gasteiger partial charge in [0.05, 0.1) is 17.4 Å². The van der Waals surface area contributed by atoms with Crippen LogP contribution in [0.1, 0.15) is 16.8 Å². The topological polar surface area (TPSA) is 56.1 Å². The molecule has 5 nitrogen and oxygen atoms in total. The van der Waals surface area contributed by atoms with Crippen molar-refractivity contribution in [3.05, 3.63) is 76.3 Å². The Morgan fingerprint density at radius 3 is 2.28 bits per heavy atom. The number of carbonyl (C=O) groups is 1. The normalized spacial score (nSPS) is 12.0. The van der Waals surface area contributed by atoms with Gasteiger partial charge in [0.15, 0.2) is 11.4 Å². The lowest BCUT2D eigenvalue weighted by molar-refractivity contribution is -0.143. The van der Waals surface area contributed by atoms with Crippen molar-refractivity contribution in [2.45, 2.75) is 18.9 Å². The third kappa shape index (κ3) is 5.31. The standard InChI is InChI=1S/C19H11ClF7N3O2/c20-12-2-4-13(5-3-12)30-16(19(25,26)27)15(9-29-30)32-17(31)28-8-10-7-11(18(22,23)24)1-6-14(10)21/h1-7,9H,8H2,(H,28,31). The lowest BCUT2D eigenvalue weighted by Gasteiger charge is -2.13. The average Bonchev–Trinajstić information content (AvgIpc) is 3.11. The molecule has 0 radical (unpaired) electrons. The van der Waals surface area contributed by atoms with E-state index in [1.54, 1.807) is 0 Å². The van der Waals surface area contributed by atoms with Crippen LogP contribution in [0, 0.1) is 5.82 Å². The van der Waals surface area contributed by atoms with E-state index in [0.29, 0.717) is 29.1 Å². The molecule has 0 bridgehead atoms. The van der Waals surface area contributed by atoms with Gasteiger partial charge in [-0.15, -0.1) is 0 Å². The number of ether oxygens (including phenoxy) is 1. The molecule has 3 aromatic rings. The first-order valence-corrected chi connectivity index (χ1v) is 8.96. The largest absolute Gasteiger partial charge is 0.437 e. The van der Waals surface area contributed by atoms with Crippen molar-refractivity contribution < 1.29 is 40.3 Å². The molecule has 1 amide bonds. The van der Waals surface area contributed by atoms with Crippen molar-refractivity contribution in [3.8, 4) is 11.4 Å². The van der Waals surface area contributed by atoms with E-state index in [2.05, 4.69) is 9.84 Å². The molecular weight excluding hydrogens is 471 g/mol. The van der Waals surface area contributed by atoms with E-state index in [0.717, 1.165) is 0 Å². The van der Waals surface area contributed by atoms with Crippen LogP contribution >= 0.6 is 11.6 Å². The predicted octanol–water partition coefficient (Wildman–Crippen LogP) is 5.99. The van der Waals surface area contributed by atoms with Crippen LogP contribution in [0.3, 0.4) is 0 Å². The molecule has 13 heteroatoms. The van der Waals surface area contributed by atoms with Crippen molar-refractivity contribution in [3.63, 3.8) is 0 Å². The Bertz CT molecular complexity index is 1130. The number of halogens is 8.